The molecule has 128 valence electrons. The lowest BCUT2D eigenvalue weighted by atomic mass is 9.98. The van der Waals surface area contributed by atoms with Gasteiger partial charge in [-0.2, -0.15) is 5.10 Å². The van der Waals surface area contributed by atoms with Gasteiger partial charge in [0.25, 0.3) is 0 Å². The number of carbonyl (C=O) groups excluding carboxylic acids is 1. The second-order valence-corrected chi connectivity index (χ2v) is 5.63. The molecule has 8 heteroatoms. The summed E-state index contributed by atoms with van der Waals surface area (Å²) in [5, 5.41) is 20.1. The third kappa shape index (κ3) is 4.31. The SMILES string of the molecule is Cc1cccc([C@@H](C)NC(=O)NCCn2cc([N+](=O)[O-])cn2)c1C. The van der Waals surface area contributed by atoms with Crippen LogP contribution in [-0.4, -0.2) is 27.3 Å². The second-order valence-electron chi connectivity index (χ2n) is 5.63. The zero-order chi connectivity index (χ0) is 17.7. The number of hydrogen-bond acceptors (Lipinski definition) is 4. The molecule has 0 aliphatic rings. The summed E-state index contributed by atoms with van der Waals surface area (Å²) in [6.45, 7) is 6.68. The summed E-state index contributed by atoms with van der Waals surface area (Å²) in [4.78, 5) is 22.0. The Morgan fingerprint density at radius 2 is 2.17 bits per heavy atom. The van der Waals surface area contributed by atoms with Crippen LogP contribution in [-0.2, 0) is 6.54 Å². The molecule has 8 nitrogen and oxygen atoms in total. The number of amides is 2. The van der Waals surface area contributed by atoms with Gasteiger partial charge >= 0.3 is 11.7 Å². The van der Waals surface area contributed by atoms with Crippen molar-refractivity contribution in [2.75, 3.05) is 6.54 Å². The first-order valence-electron chi connectivity index (χ1n) is 7.66. The maximum atomic E-state index is 12.0. The summed E-state index contributed by atoms with van der Waals surface area (Å²) in [5.41, 5.74) is 3.35. The van der Waals surface area contributed by atoms with E-state index in [1.807, 2.05) is 39.0 Å². The van der Waals surface area contributed by atoms with E-state index in [1.54, 1.807) is 0 Å². The van der Waals surface area contributed by atoms with Gasteiger partial charge in [0.1, 0.15) is 12.4 Å². The number of nitro groups is 1. The van der Waals surface area contributed by atoms with E-state index in [0.717, 1.165) is 11.1 Å². The lowest BCUT2D eigenvalue weighted by molar-refractivity contribution is -0.385. The highest BCUT2D eigenvalue weighted by Gasteiger charge is 2.12. The van der Waals surface area contributed by atoms with Crippen LogP contribution < -0.4 is 10.6 Å². The summed E-state index contributed by atoms with van der Waals surface area (Å²) in [6.07, 6.45) is 2.51. The van der Waals surface area contributed by atoms with E-state index in [1.165, 1.54) is 22.6 Å². The summed E-state index contributed by atoms with van der Waals surface area (Å²) in [5.74, 6) is 0. The van der Waals surface area contributed by atoms with Crippen molar-refractivity contribution >= 4 is 11.7 Å². The number of rotatable bonds is 6. The molecule has 0 unspecified atom stereocenters. The number of aromatic nitrogens is 2. The van der Waals surface area contributed by atoms with Gasteiger partial charge in [0.15, 0.2) is 0 Å². The van der Waals surface area contributed by atoms with Crippen LogP contribution in [0.4, 0.5) is 10.5 Å². The van der Waals surface area contributed by atoms with Gasteiger partial charge in [-0.3, -0.25) is 14.8 Å². The number of carbonyl (C=O) groups is 1. The van der Waals surface area contributed by atoms with Crippen molar-refractivity contribution in [3.8, 4) is 0 Å². The number of urea groups is 1. The van der Waals surface area contributed by atoms with Gasteiger partial charge in [-0.05, 0) is 37.5 Å². The van der Waals surface area contributed by atoms with Gasteiger partial charge in [0.2, 0.25) is 0 Å². The first-order valence-corrected chi connectivity index (χ1v) is 7.66. The predicted molar refractivity (Wildman–Crippen MR) is 89.7 cm³/mol. The maximum absolute atomic E-state index is 12.0. The highest BCUT2D eigenvalue weighted by molar-refractivity contribution is 5.74. The zero-order valence-corrected chi connectivity index (χ0v) is 13.9. The molecule has 0 saturated heterocycles. The summed E-state index contributed by atoms with van der Waals surface area (Å²) >= 11 is 0. The molecule has 0 bridgehead atoms. The van der Waals surface area contributed by atoms with Crippen molar-refractivity contribution in [1.29, 1.82) is 0 Å². The highest BCUT2D eigenvalue weighted by atomic mass is 16.6. The Kier molecular flexibility index (Phi) is 5.51. The third-order valence-corrected chi connectivity index (χ3v) is 3.92. The van der Waals surface area contributed by atoms with Crippen LogP contribution in [0.1, 0.15) is 29.7 Å². The van der Waals surface area contributed by atoms with E-state index in [-0.39, 0.29) is 17.8 Å². The molecule has 0 aliphatic heterocycles. The average molecular weight is 331 g/mol. The molecule has 2 aromatic rings. The van der Waals surface area contributed by atoms with Gasteiger partial charge in [-0.15, -0.1) is 0 Å². The van der Waals surface area contributed by atoms with Crippen molar-refractivity contribution in [3.05, 3.63) is 57.4 Å². The van der Waals surface area contributed by atoms with Crippen molar-refractivity contribution in [3.63, 3.8) is 0 Å². The Labute approximate surface area is 140 Å². The molecule has 24 heavy (non-hydrogen) atoms. The fourth-order valence-electron chi connectivity index (χ4n) is 2.42. The smallest absolute Gasteiger partial charge is 0.315 e. The fourth-order valence-corrected chi connectivity index (χ4v) is 2.42. The Hall–Kier alpha value is -2.90. The standard InChI is InChI=1S/C16H21N5O3/c1-11-5-4-6-15(12(11)2)13(3)19-16(22)17-7-8-20-10-14(9-18-20)21(23)24/h4-6,9-10,13H,7-8H2,1-3H3,(H2,17,19,22)/t13-/m1/s1. The summed E-state index contributed by atoms with van der Waals surface area (Å²) in [6, 6.07) is 5.60. The van der Waals surface area contributed by atoms with E-state index >= 15 is 0 Å². The Morgan fingerprint density at radius 1 is 1.42 bits per heavy atom. The fraction of sp³-hybridized carbons (Fsp3) is 0.375. The van der Waals surface area contributed by atoms with Crippen LogP contribution in [0.15, 0.2) is 30.6 Å². The van der Waals surface area contributed by atoms with Crippen molar-refractivity contribution in [1.82, 2.24) is 20.4 Å². The number of hydrogen-bond donors (Lipinski definition) is 2. The number of benzene rings is 1. The van der Waals surface area contributed by atoms with Crippen LogP contribution in [0, 0.1) is 24.0 Å². The molecule has 1 aromatic carbocycles. The minimum Gasteiger partial charge on any atom is -0.336 e. The van der Waals surface area contributed by atoms with Gasteiger partial charge in [-0.1, -0.05) is 18.2 Å². The van der Waals surface area contributed by atoms with Gasteiger partial charge in [0, 0.05) is 6.54 Å². The molecule has 0 aliphatic carbocycles. The van der Waals surface area contributed by atoms with Crippen LogP contribution in [0.2, 0.25) is 0 Å². The third-order valence-electron chi connectivity index (χ3n) is 3.92. The first kappa shape index (κ1) is 17.5. The molecule has 2 rings (SSSR count). The van der Waals surface area contributed by atoms with Crippen LogP contribution in [0.25, 0.3) is 0 Å². The monoisotopic (exact) mass is 331 g/mol. The van der Waals surface area contributed by atoms with Crippen molar-refractivity contribution in [2.24, 2.45) is 0 Å². The minimum absolute atomic E-state index is 0.0667. The summed E-state index contributed by atoms with van der Waals surface area (Å²) < 4.78 is 1.42. The molecule has 0 spiro atoms. The average Bonchev–Trinajstić information content (AvgIpc) is 2.99. The van der Waals surface area contributed by atoms with Gasteiger partial charge in [-0.25, -0.2) is 4.79 Å². The Bertz CT molecular complexity index is 741. The van der Waals surface area contributed by atoms with Crippen molar-refractivity contribution < 1.29 is 9.72 Å². The molecule has 1 aromatic heterocycles. The lowest BCUT2D eigenvalue weighted by Crippen LogP contribution is -2.38. The quantitative estimate of drug-likeness (QED) is 0.627. The van der Waals surface area contributed by atoms with Crippen LogP contribution in [0.5, 0.6) is 0 Å². The molecular formula is C16H21N5O3. The zero-order valence-electron chi connectivity index (χ0n) is 13.9. The number of nitrogens with zero attached hydrogens (tertiary/aromatic N) is 3. The number of nitrogens with one attached hydrogen (secondary N) is 2. The van der Waals surface area contributed by atoms with E-state index in [2.05, 4.69) is 15.7 Å². The highest BCUT2D eigenvalue weighted by Crippen LogP contribution is 2.19. The summed E-state index contributed by atoms with van der Waals surface area (Å²) in [7, 11) is 0. The minimum atomic E-state index is -0.504. The molecule has 2 amide bonds. The molecule has 2 N–H and O–H groups in total. The topological polar surface area (TPSA) is 102 Å². The van der Waals surface area contributed by atoms with Crippen LogP contribution >= 0.6 is 0 Å². The Morgan fingerprint density at radius 3 is 2.83 bits per heavy atom. The molecule has 1 atom stereocenters. The largest absolute Gasteiger partial charge is 0.336 e. The first-order chi connectivity index (χ1) is 11.4. The molecule has 0 fully saturated rings. The van der Waals surface area contributed by atoms with E-state index in [9.17, 15) is 14.9 Å². The van der Waals surface area contributed by atoms with Gasteiger partial charge < -0.3 is 10.6 Å². The predicted octanol–water partition coefficient (Wildman–Crippen LogP) is 2.47. The van der Waals surface area contributed by atoms with Crippen LogP contribution in [0.3, 0.4) is 0 Å². The second kappa shape index (κ2) is 7.58. The van der Waals surface area contributed by atoms with E-state index in [4.69, 9.17) is 0 Å². The van der Waals surface area contributed by atoms with E-state index < -0.39 is 4.92 Å². The Balaban J connectivity index is 1.82. The molecular weight excluding hydrogens is 310 g/mol. The molecule has 1 heterocycles. The maximum Gasteiger partial charge on any atom is 0.315 e. The molecule has 0 saturated carbocycles. The van der Waals surface area contributed by atoms with Gasteiger partial charge in [0.05, 0.1) is 17.5 Å². The normalized spacial score (nSPS) is 11.8. The molecule has 0 radical (unpaired) electrons. The van der Waals surface area contributed by atoms with E-state index in [0.29, 0.717) is 13.1 Å². The number of aryl methyl sites for hydroxylation is 1. The van der Waals surface area contributed by atoms with Crippen molar-refractivity contribution in [2.45, 2.75) is 33.4 Å². The lowest BCUT2D eigenvalue weighted by Gasteiger charge is -2.18.